The van der Waals surface area contributed by atoms with Gasteiger partial charge in [-0.1, -0.05) is 6.07 Å². The number of nitrogens with zero attached hydrogens (tertiary/aromatic N) is 5. The van der Waals surface area contributed by atoms with E-state index in [4.69, 9.17) is 0 Å². The largest absolute Gasteiger partial charge is 0.339 e. The van der Waals surface area contributed by atoms with Crippen molar-refractivity contribution in [2.75, 3.05) is 18.4 Å². The van der Waals surface area contributed by atoms with Crippen LogP contribution in [-0.4, -0.2) is 43.6 Å². The quantitative estimate of drug-likeness (QED) is 0.659. The average Bonchev–Trinajstić information content (AvgIpc) is 3.17. The molecule has 1 amide bonds. The Morgan fingerprint density at radius 3 is 2.90 bits per heavy atom. The summed E-state index contributed by atoms with van der Waals surface area (Å²) >= 11 is 0. The maximum Gasteiger partial charge on any atom is 0.246 e. The van der Waals surface area contributed by atoms with Crippen LogP contribution in [0.2, 0.25) is 0 Å². The van der Waals surface area contributed by atoms with Gasteiger partial charge >= 0.3 is 0 Å². The molecule has 1 aliphatic heterocycles. The normalized spacial score (nSPS) is 16.7. The van der Waals surface area contributed by atoms with Gasteiger partial charge in [0.25, 0.3) is 0 Å². The molecule has 0 aliphatic carbocycles. The van der Waals surface area contributed by atoms with E-state index in [1.807, 2.05) is 61.5 Å². The zero-order chi connectivity index (χ0) is 20.9. The van der Waals surface area contributed by atoms with Crippen LogP contribution in [0.15, 0.2) is 54.9 Å². The maximum atomic E-state index is 12.7. The van der Waals surface area contributed by atoms with Crippen LogP contribution in [0.4, 0.5) is 11.6 Å². The summed E-state index contributed by atoms with van der Waals surface area (Å²) in [4.78, 5) is 23.5. The number of nitrogens with one attached hydrogen (secondary N) is 1. The van der Waals surface area contributed by atoms with E-state index < -0.39 is 0 Å². The Bertz CT molecular complexity index is 1060. The van der Waals surface area contributed by atoms with Gasteiger partial charge in [-0.2, -0.15) is 5.10 Å². The van der Waals surface area contributed by atoms with Crippen molar-refractivity contribution in [3.8, 4) is 0 Å². The lowest BCUT2D eigenvalue weighted by atomic mass is 9.91. The molecule has 1 saturated heterocycles. The summed E-state index contributed by atoms with van der Waals surface area (Å²) in [5.41, 5.74) is 3.05. The van der Waals surface area contributed by atoms with E-state index in [1.54, 1.807) is 17.0 Å². The van der Waals surface area contributed by atoms with Crippen LogP contribution in [0.25, 0.3) is 6.08 Å². The van der Waals surface area contributed by atoms with Crippen molar-refractivity contribution in [2.24, 2.45) is 7.05 Å². The lowest BCUT2D eigenvalue weighted by Gasteiger charge is -2.32. The lowest BCUT2D eigenvalue weighted by molar-refractivity contribution is -0.127. The minimum Gasteiger partial charge on any atom is -0.339 e. The number of aromatic nitrogens is 4. The summed E-state index contributed by atoms with van der Waals surface area (Å²) in [7, 11) is 1.86. The number of rotatable bonds is 5. The highest BCUT2D eigenvalue weighted by atomic mass is 16.2. The topological polar surface area (TPSA) is 75.9 Å². The number of carbonyl (C=O) groups is 1. The number of hydrogen-bond acceptors (Lipinski definition) is 5. The van der Waals surface area contributed by atoms with Gasteiger partial charge in [0.05, 0.1) is 5.69 Å². The molecule has 0 saturated carbocycles. The summed E-state index contributed by atoms with van der Waals surface area (Å²) in [5.74, 6) is 1.88. The van der Waals surface area contributed by atoms with Crippen molar-refractivity contribution >= 4 is 23.6 Å². The SMILES string of the molecule is Cc1cccc(Nc2cc(C3CCCN(C(=O)/C=C/c4ccnn4C)C3)ccn2)n1. The first-order valence-electron chi connectivity index (χ1n) is 10.2. The molecule has 0 spiro atoms. The van der Waals surface area contributed by atoms with Gasteiger partial charge in [0.1, 0.15) is 11.6 Å². The Labute approximate surface area is 176 Å². The molecule has 154 valence electrons. The molecular weight excluding hydrogens is 376 g/mol. The fraction of sp³-hybridized carbons (Fsp3) is 0.304. The van der Waals surface area contributed by atoms with Crippen LogP contribution >= 0.6 is 0 Å². The molecule has 1 fully saturated rings. The second kappa shape index (κ2) is 8.90. The molecule has 4 heterocycles. The Morgan fingerprint density at radius 2 is 2.10 bits per heavy atom. The highest BCUT2D eigenvalue weighted by molar-refractivity contribution is 5.91. The van der Waals surface area contributed by atoms with Gasteiger partial charge in [0, 0.05) is 50.2 Å². The Kier molecular flexibility index (Phi) is 5.88. The van der Waals surface area contributed by atoms with Crippen LogP contribution in [0.1, 0.15) is 35.7 Å². The first kappa shape index (κ1) is 19.8. The van der Waals surface area contributed by atoms with E-state index in [0.29, 0.717) is 12.5 Å². The molecule has 1 atom stereocenters. The van der Waals surface area contributed by atoms with Crippen LogP contribution in [-0.2, 0) is 11.8 Å². The van der Waals surface area contributed by atoms with Crippen molar-refractivity contribution < 1.29 is 4.79 Å². The third kappa shape index (κ3) is 4.74. The highest BCUT2D eigenvalue weighted by Gasteiger charge is 2.24. The third-order valence-electron chi connectivity index (χ3n) is 5.39. The Morgan fingerprint density at radius 1 is 1.20 bits per heavy atom. The fourth-order valence-electron chi connectivity index (χ4n) is 3.77. The molecule has 4 rings (SSSR count). The molecule has 1 N–H and O–H groups in total. The molecule has 0 bridgehead atoms. The molecule has 0 radical (unpaired) electrons. The van der Waals surface area contributed by atoms with E-state index in [1.165, 1.54) is 5.56 Å². The molecular formula is C23H26N6O. The summed E-state index contributed by atoms with van der Waals surface area (Å²) in [5, 5.41) is 7.40. The minimum atomic E-state index is 0.0391. The van der Waals surface area contributed by atoms with Gasteiger partial charge < -0.3 is 10.2 Å². The first-order valence-corrected chi connectivity index (χ1v) is 10.2. The Balaban J connectivity index is 1.43. The number of carbonyl (C=O) groups excluding carboxylic acids is 1. The van der Waals surface area contributed by atoms with E-state index in [0.717, 1.165) is 42.4 Å². The summed E-state index contributed by atoms with van der Waals surface area (Å²) in [6, 6.07) is 11.9. The molecule has 7 nitrogen and oxygen atoms in total. The van der Waals surface area contributed by atoms with Gasteiger partial charge in [-0.15, -0.1) is 0 Å². The van der Waals surface area contributed by atoms with Gasteiger partial charge in [-0.3, -0.25) is 9.48 Å². The van der Waals surface area contributed by atoms with E-state index >= 15 is 0 Å². The Hall–Kier alpha value is -3.48. The van der Waals surface area contributed by atoms with Crippen LogP contribution in [0, 0.1) is 6.92 Å². The molecule has 1 aliphatic rings. The summed E-state index contributed by atoms with van der Waals surface area (Å²) < 4.78 is 1.75. The smallest absolute Gasteiger partial charge is 0.246 e. The van der Waals surface area contributed by atoms with Crippen molar-refractivity contribution in [3.05, 3.63) is 71.8 Å². The molecule has 3 aromatic rings. The van der Waals surface area contributed by atoms with Gasteiger partial charge in [-0.05, 0) is 61.7 Å². The predicted molar refractivity (Wildman–Crippen MR) is 117 cm³/mol. The number of piperidine rings is 1. The zero-order valence-corrected chi connectivity index (χ0v) is 17.3. The molecule has 3 aromatic heterocycles. The van der Waals surface area contributed by atoms with Gasteiger partial charge in [-0.25, -0.2) is 9.97 Å². The summed E-state index contributed by atoms with van der Waals surface area (Å²) in [6.07, 6.45) is 9.05. The zero-order valence-electron chi connectivity index (χ0n) is 17.3. The fourth-order valence-corrected chi connectivity index (χ4v) is 3.77. The molecule has 1 unspecified atom stereocenters. The number of hydrogen-bond donors (Lipinski definition) is 1. The van der Waals surface area contributed by atoms with Gasteiger partial charge in [0.2, 0.25) is 5.91 Å². The monoisotopic (exact) mass is 402 g/mol. The van der Waals surface area contributed by atoms with Crippen molar-refractivity contribution in [2.45, 2.75) is 25.7 Å². The van der Waals surface area contributed by atoms with E-state index in [2.05, 4.69) is 26.4 Å². The number of pyridine rings is 2. The molecule has 7 heteroatoms. The highest BCUT2D eigenvalue weighted by Crippen LogP contribution is 2.28. The van der Waals surface area contributed by atoms with Crippen LogP contribution < -0.4 is 5.32 Å². The second-order valence-electron chi connectivity index (χ2n) is 7.60. The molecule has 30 heavy (non-hydrogen) atoms. The average molecular weight is 403 g/mol. The lowest BCUT2D eigenvalue weighted by Crippen LogP contribution is -2.38. The van der Waals surface area contributed by atoms with Crippen LogP contribution in [0.3, 0.4) is 0 Å². The van der Waals surface area contributed by atoms with E-state index in [-0.39, 0.29) is 5.91 Å². The third-order valence-corrected chi connectivity index (χ3v) is 5.39. The van der Waals surface area contributed by atoms with Gasteiger partial charge in [0.15, 0.2) is 0 Å². The van der Waals surface area contributed by atoms with Crippen molar-refractivity contribution in [3.63, 3.8) is 0 Å². The van der Waals surface area contributed by atoms with E-state index in [9.17, 15) is 4.79 Å². The second-order valence-corrected chi connectivity index (χ2v) is 7.60. The minimum absolute atomic E-state index is 0.0391. The number of likely N-dealkylation sites (tertiary alicyclic amines) is 1. The summed E-state index contributed by atoms with van der Waals surface area (Å²) in [6.45, 7) is 3.46. The number of amides is 1. The standard InChI is InChI=1S/C23H26N6O/c1-17-5-3-7-21(26-17)27-22-15-18(10-12-24-22)19-6-4-14-29(16-19)23(30)9-8-20-11-13-25-28(20)2/h3,5,7-13,15,19H,4,6,14,16H2,1-2H3,(H,24,26,27)/b9-8+. The number of aryl methyl sites for hydroxylation is 2. The van der Waals surface area contributed by atoms with Crippen molar-refractivity contribution in [1.82, 2.24) is 24.6 Å². The molecule has 0 aromatic carbocycles. The first-order chi connectivity index (χ1) is 14.6. The predicted octanol–water partition coefficient (Wildman–Crippen LogP) is 3.68. The number of anilines is 2. The maximum absolute atomic E-state index is 12.7. The van der Waals surface area contributed by atoms with Crippen molar-refractivity contribution in [1.29, 1.82) is 0 Å². The van der Waals surface area contributed by atoms with Crippen LogP contribution in [0.5, 0.6) is 0 Å².